The third-order valence-corrected chi connectivity index (χ3v) is 4.48. The van der Waals surface area contributed by atoms with Gasteiger partial charge in [0.15, 0.2) is 0 Å². The Hall–Kier alpha value is -0.0400. The Balaban J connectivity index is 1.79. The lowest BCUT2D eigenvalue weighted by Gasteiger charge is -2.12. The van der Waals surface area contributed by atoms with E-state index in [2.05, 4.69) is 19.2 Å². The Morgan fingerprint density at radius 3 is 1.83 bits per heavy atom. The molecule has 0 spiro atoms. The zero-order valence-electron chi connectivity index (χ0n) is 12.8. The van der Waals surface area contributed by atoms with Crippen molar-refractivity contribution in [1.82, 2.24) is 5.32 Å². The van der Waals surface area contributed by atoms with E-state index in [4.69, 9.17) is 0 Å². The van der Waals surface area contributed by atoms with E-state index in [1.165, 1.54) is 83.5 Å². The van der Waals surface area contributed by atoms with Gasteiger partial charge < -0.3 is 5.32 Å². The van der Waals surface area contributed by atoms with E-state index in [1.807, 2.05) is 0 Å². The first kappa shape index (κ1) is 16.0. The summed E-state index contributed by atoms with van der Waals surface area (Å²) in [5, 5.41) is 3.77. The summed E-state index contributed by atoms with van der Waals surface area (Å²) < 4.78 is 0. The fourth-order valence-corrected chi connectivity index (χ4v) is 3.15. The minimum Gasteiger partial charge on any atom is -0.311 e. The standard InChI is InChI=1S/C17H35N/c1-3-5-6-7-8-9-10-11-12-13-17-15-14-16(4-2)18-17/h16-18H,3-15H2,1-2H3/t16-,17-/m0/s1. The van der Waals surface area contributed by atoms with Gasteiger partial charge in [0.1, 0.15) is 0 Å². The Bertz CT molecular complexity index is 178. The highest BCUT2D eigenvalue weighted by atomic mass is 15.0. The summed E-state index contributed by atoms with van der Waals surface area (Å²) in [6.07, 6.45) is 18.6. The van der Waals surface area contributed by atoms with Crippen LogP contribution in [0.15, 0.2) is 0 Å². The van der Waals surface area contributed by atoms with Gasteiger partial charge in [-0.1, -0.05) is 71.6 Å². The highest BCUT2D eigenvalue weighted by Gasteiger charge is 2.21. The molecule has 0 aromatic carbocycles. The zero-order chi connectivity index (χ0) is 13.1. The Labute approximate surface area is 115 Å². The maximum absolute atomic E-state index is 3.77. The van der Waals surface area contributed by atoms with Crippen LogP contribution in [-0.2, 0) is 0 Å². The monoisotopic (exact) mass is 253 g/mol. The van der Waals surface area contributed by atoms with E-state index in [0.717, 1.165) is 12.1 Å². The minimum atomic E-state index is 0.827. The predicted molar refractivity (Wildman–Crippen MR) is 82.1 cm³/mol. The van der Waals surface area contributed by atoms with Crippen molar-refractivity contribution in [1.29, 1.82) is 0 Å². The molecular formula is C17H35N. The van der Waals surface area contributed by atoms with E-state index < -0.39 is 0 Å². The number of nitrogens with one attached hydrogen (secondary N) is 1. The molecule has 1 aliphatic heterocycles. The summed E-state index contributed by atoms with van der Waals surface area (Å²) in [7, 11) is 0. The Kier molecular flexibility index (Phi) is 9.65. The van der Waals surface area contributed by atoms with Gasteiger partial charge in [-0.15, -0.1) is 0 Å². The molecule has 1 N–H and O–H groups in total. The lowest BCUT2D eigenvalue weighted by Crippen LogP contribution is -2.28. The van der Waals surface area contributed by atoms with Crippen LogP contribution < -0.4 is 5.32 Å². The van der Waals surface area contributed by atoms with Crippen LogP contribution in [0.2, 0.25) is 0 Å². The molecule has 0 aromatic rings. The van der Waals surface area contributed by atoms with Crippen LogP contribution in [0.5, 0.6) is 0 Å². The van der Waals surface area contributed by atoms with Crippen molar-refractivity contribution in [2.24, 2.45) is 0 Å². The van der Waals surface area contributed by atoms with Gasteiger partial charge in [0.2, 0.25) is 0 Å². The zero-order valence-corrected chi connectivity index (χ0v) is 12.8. The third kappa shape index (κ3) is 7.41. The maximum Gasteiger partial charge on any atom is 0.00702 e. The van der Waals surface area contributed by atoms with Crippen molar-refractivity contribution < 1.29 is 0 Å². The van der Waals surface area contributed by atoms with E-state index in [0.29, 0.717) is 0 Å². The quantitative estimate of drug-likeness (QED) is 0.484. The van der Waals surface area contributed by atoms with Gasteiger partial charge in [-0.25, -0.2) is 0 Å². The lowest BCUT2D eigenvalue weighted by molar-refractivity contribution is 0.472. The molecule has 1 nitrogen and oxygen atoms in total. The average molecular weight is 253 g/mol. The van der Waals surface area contributed by atoms with Crippen LogP contribution in [0.25, 0.3) is 0 Å². The van der Waals surface area contributed by atoms with Gasteiger partial charge in [-0.2, -0.15) is 0 Å². The second kappa shape index (κ2) is 10.8. The summed E-state index contributed by atoms with van der Waals surface area (Å²) >= 11 is 0. The first-order valence-corrected chi connectivity index (χ1v) is 8.62. The molecule has 1 rings (SSSR count). The summed E-state index contributed by atoms with van der Waals surface area (Å²) in [5.74, 6) is 0. The van der Waals surface area contributed by atoms with Crippen molar-refractivity contribution in [3.05, 3.63) is 0 Å². The molecule has 0 aliphatic carbocycles. The second-order valence-electron chi connectivity index (χ2n) is 6.16. The van der Waals surface area contributed by atoms with Gasteiger partial charge >= 0.3 is 0 Å². The maximum atomic E-state index is 3.77. The van der Waals surface area contributed by atoms with E-state index in [9.17, 15) is 0 Å². The number of hydrogen-bond donors (Lipinski definition) is 1. The fraction of sp³-hybridized carbons (Fsp3) is 1.00. The van der Waals surface area contributed by atoms with Crippen LogP contribution in [0.3, 0.4) is 0 Å². The summed E-state index contributed by atoms with van der Waals surface area (Å²) in [5.41, 5.74) is 0. The van der Waals surface area contributed by atoms with Crippen molar-refractivity contribution >= 4 is 0 Å². The van der Waals surface area contributed by atoms with E-state index in [1.54, 1.807) is 0 Å². The van der Waals surface area contributed by atoms with Gasteiger partial charge in [-0.3, -0.25) is 0 Å². The Morgan fingerprint density at radius 1 is 0.722 bits per heavy atom. The molecule has 0 bridgehead atoms. The topological polar surface area (TPSA) is 12.0 Å². The lowest BCUT2D eigenvalue weighted by atomic mass is 10.0. The molecule has 0 unspecified atom stereocenters. The molecule has 0 radical (unpaired) electrons. The summed E-state index contributed by atoms with van der Waals surface area (Å²) in [4.78, 5) is 0. The molecule has 1 saturated heterocycles. The highest BCUT2D eigenvalue weighted by Crippen LogP contribution is 2.19. The van der Waals surface area contributed by atoms with Crippen molar-refractivity contribution in [3.63, 3.8) is 0 Å². The predicted octanol–water partition coefficient (Wildman–Crippen LogP) is 5.44. The van der Waals surface area contributed by atoms with Crippen LogP contribution in [0.1, 0.15) is 97.3 Å². The van der Waals surface area contributed by atoms with Gasteiger partial charge in [0, 0.05) is 12.1 Å². The molecule has 0 saturated carbocycles. The molecule has 0 amide bonds. The molecule has 2 atom stereocenters. The van der Waals surface area contributed by atoms with Crippen LogP contribution >= 0.6 is 0 Å². The van der Waals surface area contributed by atoms with Crippen molar-refractivity contribution in [2.75, 3.05) is 0 Å². The smallest absolute Gasteiger partial charge is 0.00702 e. The molecular weight excluding hydrogens is 218 g/mol. The molecule has 1 heteroatoms. The number of hydrogen-bond acceptors (Lipinski definition) is 1. The molecule has 1 aliphatic rings. The second-order valence-corrected chi connectivity index (χ2v) is 6.16. The Morgan fingerprint density at radius 2 is 1.28 bits per heavy atom. The van der Waals surface area contributed by atoms with Crippen LogP contribution in [0, 0.1) is 0 Å². The highest BCUT2D eigenvalue weighted by molar-refractivity contribution is 4.82. The first-order chi connectivity index (χ1) is 8.86. The van der Waals surface area contributed by atoms with E-state index in [-0.39, 0.29) is 0 Å². The summed E-state index contributed by atoms with van der Waals surface area (Å²) in [6, 6.07) is 1.67. The molecule has 18 heavy (non-hydrogen) atoms. The van der Waals surface area contributed by atoms with Crippen LogP contribution in [0.4, 0.5) is 0 Å². The third-order valence-electron chi connectivity index (χ3n) is 4.48. The number of rotatable bonds is 11. The molecule has 1 fully saturated rings. The van der Waals surface area contributed by atoms with Gasteiger partial charge in [0.05, 0.1) is 0 Å². The largest absolute Gasteiger partial charge is 0.311 e. The first-order valence-electron chi connectivity index (χ1n) is 8.62. The average Bonchev–Trinajstić information content (AvgIpc) is 2.85. The molecule has 108 valence electrons. The van der Waals surface area contributed by atoms with Crippen molar-refractivity contribution in [2.45, 2.75) is 109 Å². The number of unbranched alkanes of at least 4 members (excludes halogenated alkanes) is 8. The van der Waals surface area contributed by atoms with Crippen molar-refractivity contribution in [3.8, 4) is 0 Å². The minimum absolute atomic E-state index is 0.827. The van der Waals surface area contributed by atoms with Gasteiger partial charge in [-0.05, 0) is 25.7 Å². The normalized spacial score (nSPS) is 23.7. The van der Waals surface area contributed by atoms with E-state index >= 15 is 0 Å². The van der Waals surface area contributed by atoms with Gasteiger partial charge in [0.25, 0.3) is 0 Å². The fourth-order valence-electron chi connectivity index (χ4n) is 3.15. The SMILES string of the molecule is CCCCCCCCCCC[C@H]1CC[C@H](CC)N1. The van der Waals surface area contributed by atoms with Crippen LogP contribution in [-0.4, -0.2) is 12.1 Å². The molecule has 1 heterocycles. The summed E-state index contributed by atoms with van der Waals surface area (Å²) in [6.45, 7) is 4.60. The molecule has 0 aromatic heterocycles.